The first kappa shape index (κ1) is 13.7. The third-order valence-corrected chi connectivity index (χ3v) is 3.40. The molecule has 1 aromatic carbocycles. The third kappa shape index (κ3) is 3.85. The summed E-state index contributed by atoms with van der Waals surface area (Å²) in [6.45, 7) is 4.32. The van der Waals surface area contributed by atoms with Crippen LogP contribution in [0.5, 0.6) is 5.75 Å². The van der Waals surface area contributed by atoms with E-state index in [1.165, 1.54) is 0 Å². The minimum absolute atomic E-state index is 0.0601. The summed E-state index contributed by atoms with van der Waals surface area (Å²) in [7, 11) is 1.57. The molecule has 5 heteroatoms. The first-order valence-corrected chi connectivity index (χ1v) is 6.39. The Balaban J connectivity index is 2.92. The van der Waals surface area contributed by atoms with Crippen molar-refractivity contribution >= 4 is 17.6 Å². The Labute approximate surface area is 106 Å². The van der Waals surface area contributed by atoms with Crippen molar-refractivity contribution in [2.24, 2.45) is 10.9 Å². The van der Waals surface area contributed by atoms with E-state index in [4.69, 9.17) is 15.7 Å². The van der Waals surface area contributed by atoms with Crippen LogP contribution >= 0.6 is 11.8 Å². The van der Waals surface area contributed by atoms with Gasteiger partial charge >= 0.3 is 0 Å². The molecule has 4 nitrogen and oxygen atoms in total. The molecule has 94 valence electrons. The molecule has 0 aliphatic heterocycles. The van der Waals surface area contributed by atoms with Crippen molar-refractivity contribution in [2.75, 3.05) is 7.11 Å². The van der Waals surface area contributed by atoms with Crippen LogP contribution in [0.25, 0.3) is 0 Å². The molecule has 0 aromatic heterocycles. The SMILES string of the molecule is COc1cc(CSC(C)C)ccc1/C(N)=N/O. The monoisotopic (exact) mass is 254 g/mol. The van der Waals surface area contributed by atoms with E-state index in [1.54, 1.807) is 7.11 Å². The van der Waals surface area contributed by atoms with E-state index in [-0.39, 0.29) is 5.84 Å². The number of benzene rings is 1. The minimum atomic E-state index is 0.0601. The van der Waals surface area contributed by atoms with Gasteiger partial charge in [0, 0.05) is 5.75 Å². The smallest absolute Gasteiger partial charge is 0.173 e. The van der Waals surface area contributed by atoms with E-state index in [0.717, 1.165) is 11.3 Å². The lowest BCUT2D eigenvalue weighted by Crippen LogP contribution is -2.14. The van der Waals surface area contributed by atoms with E-state index >= 15 is 0 Å². The average Bonchev–Trinajstić information content (AvgIpc) is 2.34. The second-order valence-corrected chi connectivity index (χ2v) is 5.44. The van der Waals surface area contributed by atoms with Gasteiger partial charge in [0.2, 0.25) is 0 Å². The van der Waals surface area contributed by atoms with Crippen LogP contribution in [0.1, 0.15) is 25.0 Å². The van der Waals surface area contributed by atoms with Crippen LogP contribution < -0.4 is 10.5 Å². The van der Waals surface area contributed by atoms with Crippen molar-refractivity contribution in [1.82, 2.24) is 0 Å². The van der Waals surface area contributed by atoms with Crippen LogP contribution in [0.15, 0.2) is 23.4 Å². The fourth-order valence-electron chi connectivity index (χ4n) is 1.35. The lowest BCUT2D eigenvalue weighted by molar-refractivity contribution is 0.318. The van der Waals surface area contributed by atoms with Gasteiger partial charge < -0.3 is 15.7 Å². The summed E-state index contributed by atoms with van der Waals surface area (Å²) in [6, 6.07) is 5.69. The number of hydrogen-bond acceptors (Lipinski definition) is 4. The minimum Gasteiger partial charge on any atom is -0.496 e. The Hall–Kier alpha value is -1.36. The molecule has 0 unspecified atom stereocenters. The van der Waals surface area contributed by atoms with Gasteiger partial charge in [-0.3, -0.25) is 0 Å². The molecule has 0 spiro atoms. The molecule has 0 fully saturated rings. The molecule has 0 amide bonds. The van der Waals surface area contributed by atoms with Crippen molar-refractivity contribution < 1.29 is 9.94 Å². The maximum atomic E-state index is 8.66. The molecule has 0 aliphatic rings. The van der Waals surface area contributed by atoms with E-state index in [2.05, 4.69) is 19.0 Å². The molecule has 1 rings (SSSR count). The Morgan fingerprint density at radius 3 is 2.76 bits per heavy atom. The second-order valence-electron chi connectivity index (χ2n) is 3.88. The van der Waals surface area contributed by atoms with Crippen LogP contribution in [0.3, 0.4) is 0 Å². The number of amidine groups is 1. The summed E-state index contributed by atoms with van der Waals surface area (Å²) in [5.74, 6) is 1.61. The molecular weight excluding hydrogens is 236 g/mol. The fraction of sp³-hybridized carbons (Fsp3) is 0.417. The third-order valence-electron chi connectivity index (χ3n) is 2.23. The van der Waals surface area contributed by atoms with E-state index in [0.29, 0.717) is 16.6 Å². The maximum absolute atomic E-state index is 8.66. The summed E-state index contributed by atoms with van der Waals surface area (Å²) in [5.41, 5.74) is 7.32. The Kier molecular flexibility index (Phi) is 5.15. The van der Waals surface area contributed by atoms with E-state index < -0.39 is 0 Å². The zero-order valence-electron chi connectivity index (χ0n) is 10.3. The first-order chi connectivity index (χ1) is 8.08. The topological polar surface area (TPSA) is 67.8 Å². The highest BCUT2D eigenvalue weighted by Crippen LogP contribution is 2.24. The van der Waals surface area contributed by atoms with Gasteiger partial charge in [0.25, 0.3) is 0 Å². The molecule has 0 saturated carbocycles. The molecular formula is C12H18N2O2S. The molecule has 0 bridgehead atoms. The van der Waals surface area contributed by atoms with Crippen molar-refractivity contribution in [1.29, 1.82) is 0 Å². The lowest BCUT2D eigenvalue weighted by atomic mass is 10.1. The fourth-order valence-corrected chi connectivity index (χ4v) is 2.06. The summed E-state index contributed by atoms with van der Waals surface area (Å²) in [5, 5.41) is 12.2. The number of rotatable bonds is 5. The summed E-state index contributed by atoms with van der Waals surface area (Å²) in [4.78, 5) is 0. The predicted octanol–water partition coefficient (Wildman–Crippen LogP) is 2.43. The van der Waals surface area contributed by atoms with Gasteiger partial charge in [-0.1, -0.05) is 25.1 Å². The molecule has 3 N–H and O–H groups in total. The Bertz CT molecular complexity index is 405. The zero-order chi connectivity index (χ0) is 12.8. The van der Waals surface area contributed by atoms with Gasteiger partial charge in [-0.15, -0.1) is 0 Å². The molecule has 0 heterocycles. The van der Waals surface area contributed by atoms with Gasteiger partial charge in [-0.25, -0.2) is 0 Å². The summed E-state index contributed by atoms with van der Waals surface area (Å²) < 4.78 is 5.23. The van der Waals surface area contributed by atoms with Gasteiger partial charge in [0.05, 0.1) is 12.7 Å². The number of ether oxygens (including phenoxy) is 1. The van der Waals surface area contributed by atoms with Crippen LogP contribution in [-0.2, 0) is 5.75 Å². The number of oxime groups is 1. The quantitative estimate of drug-likeness (QED) is 0.366. The summed E-state index contributed by atoms with van der Waals surface area (Å²) >= 11 is 1.86. The van der Waals surface area contributed by atoms with Crippen LogP contribution in [0.4, 0.5) is 0 Å². The number of nitrogens with two attached hydrogens (primary N) is 1. The number of hydrogen-bond donors (Lipinski definition) is 2. The number of thioether (sulfide) groups is 1. The Morgan fingerprint density at radius 2 is 2.24 bits per heavy atom. The first-order valence-electron chi connectivity index (χ1n) is 5.35. The molecule has 0 atom stereocenters. The van der Waals surface area contributed by atoms with Crippen LogP contribution in [0.2, 0.25) is 0 Å². The lowest BCUT2D eigenvalue weighted by Gasteiger charge is -2.10. The molecule has 0 radical (unpaired) electrons. The van der Waals surface area contributed by atoms with E-state index in [9.17, 15) is 0 Å². The Morgan fingerprint density at radius 1 is 1.53 bits per heavy atom. The molecule has 17 heavy (non-hydrogen) atoms. The highest BCUT2D eigenvalue weighted by molar-refractivity contribution is 7.99. The van der Waals surface area contributed by atoms with Gasteiger partial charge in [-0.05, 0) is 22.9 Å². The normalized spacial score (nSPS) is 11.9. The summed E-state index contributed by atoms with van der Waals surface area (Å²) in [6.07, 6.45) is 0. The van der Waals surface area contributed by atoms with Gasteiger partial charge in [-0.2, -0.15) is 11.8 Å². The van der Waals surface area contributed by atoms with Gasteiger partial charge in [0.15, 0.2) is 5.84 Å². The predicted molar refractivity (Wildman–Crippen MR) is 71.9 cm³/mol. The van der Waals surface area contributed by atoms with Crippen molar-refractivity contribution in [3.05, 3.63) is 29.3 Å². The van der Waals surface area contributed by atoms with Crippen LogP contribution in [-0.4, -0.2) is 23.4 Å². The van der Waals surface area contributed by atoms with Crippen molar-refractivity contribution in [2.45, 2.75) is 24.9 Å². The maximum Gasteiger partial charge on any atom is 0.173 e. The largest absolute Gasteiger partial charge is 0.496 e. The van der Waals surface area contributed by atoms with Gasteiger partial charge in [0.1, 0.15) is 5.75 Å². The van der Waals surface area contributed by atoms with E-state index in [1.807, 2.05) is 30.0 Å². The second kappa shape index (κ2) is 6.39. The molecule has 1 aromatic rings. The molecule has 0 saturated heterocycles. The number of methoxy groups -OCH3 is 1. The number of nitrogens with zero attached hydrogens (tertiary/aromatic N) is 1. The van der Waals surface area contributed by atoms with Crippen molar-refractivity contribution in [3.8, 4) is 5.75 Å². The van der Waals surface area contributed by atoms with Crippen LogP contribution in [0, 0.1) is 0 Å². The highest BCUT2D eigenvalue weighted by Gasteiger charge is 2.09. The highest BCUT2D eigenvalue weighted by atomic mass is 32.2. The standard InChI is InChI=1S/C12H18N2O2S/c1-8(2)17-7-9-4-5-10(12(13)14-15)11(6-9)16-3/h4-6,8,15H,7H2,1-3H3,(H2,13,14). The molecule has 0 aliphatic carbocycles. The zero-order valence-corrected chi connectivity index (χ0v) is 11.1. The van der Waals surface area contributed by atoms with Crippen molar-refractivity contribution in [3.63, 3.8) is 0 Å². The average molecular weight is 254 g/mol.